The highest BCUT2D eigenvalue weighted by Gasteiger charge is 2.28. The van der Waals surface area contributed by atoms with E-state index in [0.29, 0.717) is 19.0 Å². The van der Waals surface area contributed by atoms with Gasteiger partial charge in [0, 0.05) is 18.4 Å². The third-order valence-corrected chi connectivity index (χ3v) is 5.89. The van der Waals surface area contributed by atoms with Crippen LogP contribution in [0.2, 0.25) is 0 Å². The highest BCUT2D eigenvalue weighted by Crippen LogP contribution is 2.23. The minimum absolute atomic E-state index is 0.106. The molecule has 28 heavy (non-hydrogen) atoms. The maximum Gasteiger partial charge on any atom is 0.224 e. The van der Waals surface area contributed by atoms with Crippen LogP contribution in [0.15, 0.2) is 66.7 Å². The number of benzene rings is 3. The Morgan fingerprint density at radius 3 is 2.57 bits per heavy atom. The van der Waals surface area contributed by atoms with E-state index < -0.39 is 0 Å². The fourth-order valence-corrected chi connectivity index (χ4v) is 4.49. The molecule has 1 atom stereocenters. The number of nitrogens with one attached hydrogen (secondary N) is 2. The molecular formula is C25H29N2O+. The molecular weight excluding hydrogens is 344 g/mol. The van der Waals surface area contributed by atoms with Gasteiger partial charge in [-0.3, -0.25) is 4.79 Å². The molecule has 0 aliphatic carbocycles. The summed E-state index contributed by atoms with van der Waals surface area (Å²) in [6.45, 7) is 5.12. The fourth-order valence-electron chi connectivity index (χ4n) is 4.49. The van der Waals surface area contributed by atoms with Gasteiger partial charge in [-0.15, -0.1) is 0 Å². The molecule has 1 aliphatic rings. The number of fused-ring (bicyclic) bond motifs is 1. The predicted octanol–water partition coefficient (Wildman–Crippen LogP) is 3.23. The van der Waals surface area contributed by atoms with Gasteiger partial charge in [0.1, 0.15) is 6.04 Å². The van der Waals surface area contributed by atoms with E-state index in [9.17, 15) is 4.79 Å². The molecule has 4 rings (SSSR count). The van der Waals surface area contributed by atoms with Crippen LogP contribution < -0.4 is 10.2 Å². The van der Waals surface area contributed by atoms with Crippen molar-refractivity contribution in [2.75, 3.05) is 19.6 Å². The van der Waals surface area contributed by atoms with Crippen LogP contribution in [0.5, 0.6) is 0 Å². The first-order valence-corrected chi connectivity index (χ1v) is 10.4. The fraction of sp³-hybridized carbons (Fsp3) is 0.320. The molecule has 3 nitrogen and oxygen atoms in total. The lowest BCUT2D eigenvalue weighted by Gasteiger charge is -2.26. The van der Waals surface area contributed by atoms with E-state index in [-0.39, 0.29) is 5.91 Å². The normalized spacial score (nSPS) is 15.6. The summed E-state index contributed by atoms with van der Waals surface area (Å²) in [5.74, 6) is 0.106. The molecule has 1 fully saturated rings. The van der Waals surface area contributed by atoms with E-state index in [2.05, 4.69) is 66.8 Å². The van der Waals surface area contributed by atoms with Crippen molar-refractivity contribution in [1.29, 1.82) is 0 Å². The first-order valence-electron chi connectivity index (χ1n) is 10.4. The van der Waals surface area contributed by atoms with Crippen molar-refractivity contribution in [3.63, 3.8) is 0 Å². The standard InChI is InChI=1S/C25H28N2O/c1-19-8-6-9-20(16-19)17-25(28)26-18-24(27-14-4-5-15-27)23-13-7-11-21-10-2-3-12-22(21)23/h2-3,6-13,16,24H,4-5,14-15,17-18H2,1H3,(H,26,28)/p+1/t24-/m0/s1. The van der Waals surface area contributed by atoms with Crippen LogP contribution in [-0.2, 0) is 11.2 Å². The van der Waals surface area contributed by atoms with Gasteiger partial charge >= 0.3 is 0 Å². The van der Waals surface area contributed by atoms with Gasteiger partial charge in [-0.25, -0.2) is 0 Å². The van der Waals surface area contributed by atoms with Gasteiger partial charge in [-0.1, -0.05) is 72.3 Å². The molecule has 3 heteroatoms. The summed E-state index contributed by atoms with van der Waals surface area (Å²) in [7, 11) is 0. The smallest absolute Gasteiger partial charge is 0.224 e. The molecule has 3 aromatic carbocycles. The van der Waals surface area contributed by atoms with E-state index in [1.54, 1.807) is 4.90 Å². The molecule has 1 heterocycles. The Bertz CT molecular complexity index is 954. The second-order valence-corrected chi connectivity index (χ2v) is 7.96. The first kappa shape index (κ1) is 18.7. The summed E-state index contributed by atoms with van der Waals surface area (Å²) in [6, 6.07) is 23.6. The Balaban J connectivity index is 1.53. The van der Waals surface area contributed by atoms with E-state index >= 15 is 0 Å². The molecule has 0 unspecified atom stereocenters. The molecule has 0 saturated carbocycles. The van der Waals surface area contributed by atoms with Crippen molar-refractivity contribution in [3.8, 4) is 0 Å². The van der Waals surface area contributed by atoms with Crippen molar-refractivity contribution >= 4 is 16.7 Å². The summed E-state index contributed by atoms with van der Waals surface area (Å²) in [5, 5.41) is 5.81. The summed E-state index contributed by atoms with van der Waals surface area (Å²) in [4.78, 5) is 14.2. The van der Waals surface area contributed by atoms with E-state index in [0.717, 1.165) is 5.56 Å². The maximum atomic E-state index is 12.6. The summed E-state index contributed by atoms with van der Waals surface area (Å²) < 4.78 is 0. The highest BCUT2D eigenvalue weighted by molar-refractivity contribution is 5.86. The van der Waals surface area contributed by atoms with Crippen LogP contribution in [0, 0.1) is 6.92 Å². The number of amides is 1. The second kappa shape index (κ2) is 8.57. The summed E-state index contributed by atoms with van der Waals surface area (Å²) in [6.07, 6.45) is 2.99. The van der Waals surface area contributed by atoms with Gasteiger partial charge in [-0.05, 0) is 23.3 Å². The van der Waals surface area contributed by atoms with Crippen LogP contribution >= 0.6 is 0 Å². The van der Waals surface area contributed by atoms with Gasteiger partial charge in [0.15, 0.2) is 0 Å². The zero-order valence-corrected chi connectivity index (χ0v) is 16.6. The monoisotopic (exact) mass is 373 g/mol. The van der Waals surface area contributed by atoms with E-state index in [1.165, 1.54) is 47.8 Å². The lowest BCUT2D eigenvalue weighted by molar-refractivity contribution is -0.918. The van der Waals surface area contributed by atoms with Crippen LogP contribution in [0.4, 0.5) is 0 Å². The summed E-state index contributed by atoms with van der Waals surface area (Å²) in [5.41, 5.74) is 3.62. The molecule has 0 radical (unpaired) electrons. The Kier molecular flexibility index (Phi) is 5.73. The number of carbonyl (C=O) groups excluding carboxylic acids is 1. The van der Waals surface area contributed by atoms with Gasteiger partial charge in [-0.2, -0.15) is 0 Å². The van der Waals surface area contributed by atoms with Crippen molar-refractivity contribution in [2.24, 2.45) is 0 Å². The largest absolute Gasteiger partial charge is 0.349 e. The number of rotatable bonds is 6. The van der Waals surface area contributed by atoms with Crippen LogP contribution in [0.1, 0.15) is 35.6 Å². The number of aryl methyl sites for hydroxylation is 1. The van der Waals surface area contributed by atoms with E-state index in [4.69, 9.17) is 0 Å². The molecule has 0 bridgehead atoms. The van der Waals surface area contributed by atoms with Crippen molar-refractivity contribution in [2.45, 2.75) is 32.2 Å². The molecule has 0 aromatic heterocycles. The zero-order chi connectivity index (χ0) is 19.3. The average Bonchev–Trinajstić information content (AvgIpc) is 3.23. The highest BCUT2D eigenvalue weighted by atomic mass is 16.1. The molecule has 0 spiro atoms. The third-order valence-electron chi connectivity index (χ3n) is 5.89. The lowest BCUT2D eigenvalue weighted by atomic mass is 9.97. The van der Waals surface area contributed by atoms with Crippen LogP contribution in [0.3, 0.4) is 0 Å². The number of hydrogen-bond acceptors (Lipinski definition) is 1. The minimum atomic E-state index is 0.106. The second-order valence-electron chi connectivity index (χ2n) is 7.96. The Labute approximate surface area is 167 Å². The van der Waals surface area contributed by atoms with Crippen molar-refractivity contribution in [3.05, 3.63) is 83.4 Å². The molecule has 2 N–H and O–H groups in total. The van der Waals surface area contributed by atoms with Crippen molar-refractivity contribution < 1.29 is 9.69 Å². The minimum Gasteiger partial charge on any atom is -0.349 e. The molecule has 1 saturated heterocycles. The van der Waals surface area contributed by atoms with Gasteiger partial charge in [0.05, 0.1) is 26.1 Å². The van der Waals surface area contributed by atoms with Gasteiger partial charge < -0.3 is 10.2 Å². The summed E-state index contributed by atoms with van der Waals surface area (Å²) >= 11 is 0. The van der Waals surface area contributed by atoms with Gasteiger partial charge in [0.2, 0.25) is 5.91 Å². The third kappa shape index (κ3) is 4.26. The Hall–Kier alpha value is -2.65. The maximum absolute atomic E-state index is 12.6. The number of quaternary nitrogens is 1. The predicted molar refractivity (Wildman–Crippen MR) is 115 cm³/mol. The quantitative estimate of drug-likeness (QED) is 0.683. The number of carbonyl (C=O) groups is 1. The topological polar surface area (TPSA) is 33.5 Å². The Morgan fingerprint density at radius 1 is 1.00 bits per heavy atom. The van der Waals surface area contributed by atoms with E-state index in [1.807, 2.05) is 12.1 Å². The van der Waals surface area contributed by atoms with Crippen LogP contribution in [-0.4, -0.2) is 25.5 Å². The average molecular weight is 374 g/mol. The molecule has 144 valence electrons. The first-order chi connectivity index (χ1) is 13.7. The molecule has 1 amide bonds. The SMILES string of the molecule is Cc1cccc(CC(=O)NC[C@@H](c2cccc3ccccc23)[NH+]2CCCC2)c1. The lowest BCUT2D eigenvalue weighted by Crippen LogP contribution is -3.11. The molecule has 3 aromatic rings. The van der Waals surface area contributed by atoms with Crippen molar-refractivity contribution in [1.82, 2.24) is 5.32 Å². The Morgan fingerprint density at radius 2 is 1.75 bits per heavy atom. The number of hydrogen-bond donors (Lipinski definition) is 2. The van der Waals surface area contributed by atoms with Gasteiger partial charge in [0.25, 0.3) is 0 Å². The zero-order valence-electron chi connectivity index (χ0n) is 16.6. The molecule has 1 aliphatic heterocycles. The van der Waals surface area contributed by atoms with Crippen LogP contribution in [0.25, 0.3) is 10.8 Å². The number of likely N-dealkylation sites (tertiary alicyclic amines) is 1.